The highest BCUT2D eigenvalue weighted by molar-refractivity contribution is 6.62. The van der Waals surface area contributed by atoms with Crippen molar-refractivity contribution in [1.82, 2.24) is 0 Å². The Bertz CT molecular complexity index is 1060. The van der Waals surface area contributed by atoms with Crippen LogP contribution in [0.15, 0.2) is 36.4 Å². The van der Waals surface area contributed by atoms with Crippen LogP contribution in [0.2, 0.25) is 10.0 Å². The number of rotatable bonds is 10. The molecule has 2 unspecified atom stereocenters. The first-order valence-electron chi connectivity index (χ1n) is 12.4. The van der Waals surface area contributed by atoms with Gasteiger partial charge in [0.2, 0.25) is 0 Å². The number of halogens is 2. The molecule has 1 aliphatic heterocycles. The van der Waals surface area contributed by atoms with Crippen molar-refractivity contribution in [1.29, 1.82) is 0 Å². The molecule has 1 heterocycles. The molecule has 2 saturated carbocycles. The van der Waals surface area contributed by atoms with Gasteiger partial charge in [-0.2, -0.15) is 0 Å². The zero-order chi connectivity index (χ0) is 24.8. The second kappa shape index (κ2) is 9.70. The number of hydrogen-bond donors (Lipinski definition) is 0. The van der Waals surface area contributed by atoms with Crippen molar-refractivity contribution in [2.75, 3.05) is 19.8 Å². The fourth-order valence-electron chi connectivity index (χ4n) is 4.05. The summed E-state index contributed by atoms with van der Waals surface area (Å²) in [5.41, 5.74) is 0.114. The Labute approximate surface area is 218 Å². The van der Waals surface area contributed by atoms with Gasteiger partial charge in [-0.25, -0.2) is 0 Å². The first-order valence-corrected chi connectivity index (χ1v) is 13.2. The Morgan fingerprint density at radius 2 is 1.37 bits per heavy atom. The van der Waals surface area contributed by atoms with Crippen LogP contribution in [0, 0.1) is 17.8 Å². The lowest BCUT2D eigenvalue weighted by atomic mass is 9.79. The van der Waals surface area contributed by atoms with Gasteiger partial charge in [-0.3, -0.25) is 0 Å². The molecule has 0 spiro atoms. The maximum Gasteiger partial charge on any atom is 0.494 e. The van der Waals surface area contributed by atoms with Gasteiger partial charge in [0, 0.05) is 6.07 Å². The van der Waals surface area contributed by atoms with Crippen molar-refractivity contribution in [3.8, 4) is 17.2 Å². The second-order valence-electron chi connectivity index (χ2n) is 11.0. The number of benzene rings is 2. The van der Waals surface area contributed by atoms with Gasteiger partial charge >= 0.3 is 7.12 Å². The zero-order valence-corrected chi connectivity index (χ0v) is 22.3. The molecular weight excluding hydrogens is 486 g/mol. The summed E-state index contributed by atoms with van der Waals surface area (Å²) >= 11 is 12.7. The average molecular weight is 519 g/mol. The summed E-state index contributed by atoms with van der Waals surface area (Å²) in [7, 11) is -0.445. The summed E-state index contributed by atoms with van der Waals surface area (Å²) in [6.07, 6.45) is 3.55. The first-order chi connectivity index (χ1) is 16.6. The molecule has 5 rings (SSSR count). The van der Waals surface area contributed by atoms with Gasteiger partial charge in [-0.15, -0.1) is 0 Å². The highest BCUT2D eigenvalue weighted by Crippen LogP contribution is 2.41. The topological polar surface area (TPSA) is 46.2 Å². The van der Waals surface area contributed by atoms with Crippen LogP contribution in [-0.2, 0) is 9.31 Å². The smallest absolute Gasteiger partial charge is 0.493 e. The quantitative estimate of drug-likeness (QED) is 0.351. The highest BCUT2D eigenvalue weighted by Gasteiger charge is 2.51. The molecule has 0 amide bonds. The minimum Gasteiger partial charge on any atom is -0.493 e. The third-order valence-electron chi connectivity index (χ3n) is 7.54. The summed E-state index contributed by atoms with van der Waals surface area (Å²) in [5, 5.41) is 1.20. The minimum atomic E-state index is -0.445. The van der Waals surface area contributed by atoms with Crippen molar-refractivity contribution in [3.05, 3.63) is 46.4 Å². The molecule has 0 radical (unpaired) electrons. The van der Waals surface area contributed by atoms with Crippen molar-refractivity contribution >= 4 is 35.8 Å². The summed E-state index contributed by atoms with van der Waals surface area (Å²) < 4.78 is 30.3. The largest absolute Gasteiger partial charge is 0.494 e. The molecule has 0 aromatic heterocycles. The summed E-state index contributed by atoms with van der Waals surface area (Å²) in [6.45, 7) is 10.1. The van der Waals surface area contributed by atoms with Gasteiger partial charge in [-0.05, 0) is 94.4 Å². The number of ether oxygens (including phenoxy) is 3. The van der Waals surface area contributed by atoms with Crippen LogP contribution in [0.4, 0.5) is 0 Å². The second-order valence-corrected chi connectivity index (χ2v) is 11.8. The normalized spacial score (nSPS) is 24.3. The van der Waals surface area contributed by atoms with E-state index in [1.54, 1.807) is 0 Å². The van der Waals surface area contributed by atoms with E-state index in [1.807, 2.05) is 64.1 Å². The molecule has 0 bridgehead atoms. The zero-order valence-electron chi connectivity index (χ0n) is 20.8. The molecule has 2 aromatic carbocycles. The standard InChI is InChI=1S/C27H33BCl2O5/c1-26(2)27(3,4)35-28(34-26)20-7-9-22(29)24(12-20)33-16-19-11-18(19)15-31-21-8-10-23(30)25(13-21)32-14-17-5-6-17/h7-10,12-13,17-19H,5-6,11,14-16H2,1-4H3. The molecule has 2 atom stereocenters. The van der Waals surface area contributed by atoms with Gasteiger partial charge in [0.25, 0.3) is 0 Å². The summed E-state index contributed by atoms with van der Waals surface area (Å²) in [5.74, 6) is 3.69. The monoisotopic (exact) mass is 518 g/mol. The molecule has 3 aliphatic rings. The molecule has 2 aromatic rings. The predicted molar refractivity (Wildman–Crippen MR) is 139 cm³/mol. The molecule has 8 heteroatoms. The Hall–Kier alpha value is -1.60. The van der Waals surface area contributed by atoms with Crippen LogP contribution in [0.3, 0.4) is 0 Å². The van der Waals surface area contributed by atoms with Crippen LogP contribution in [0.25, 0.3) is 0 Å². The lowest BCUT2D eigenvalue weighted by molar-refractivity contribution is 0.00578. The summed E-state index contributed by atoms with van der Waals surface area (Å²) in [6, 6.07) is 11.3. The van der Waals surface area contributed by atoms with Crippen LogP contribution in [-0.4, -0.2) is 38.1 Å². The average Bonchev–Trinajstić information content (AvgIpc) is 3.72. The molecule has 1 saturated heterocycles. The van der Waals surface area contributed by atoms with Crippen molar-refractivity contribution in [2.24, 2.45) is 17.8 Å². The Balaban J connectivity index is 1.11. The number of hydrogen-bond acceptors (Lipinski definition) is 5. The van der Waals surface area contributed by atoms with E-state index in [-0.39, 0.29) is 0 Å². The molecule has 0 N–H and O–H groups in total. The first kappa shape index (κ1) is 25.1. The van der Waals surface area contributed by atoms with E-state index < -0.39 is 18.3 Å². The van der Waals surface area contributed by atoms with E-state index in [2.05, 4.69) is 0 Å². The van der Waals surface area contributed by atoms with Gasteiger partial charge in [-0.1, -0.05) is 29.3 Å². The predicted octanol–water partition coefficient (Wildman–Crippen LogP) is 6.18. The van der Waals surface area contributed by atoms with E-state index in [9.17, 15) is 0 Å². The Morgan fingerprint density at radius 3 is 2.03 bits per heavy atom. The molecular formula is C27H33BCl2O5. The minimum absolute atomic E-state index is 0.395. The van der Waals surface area contributed by atoms with Gasteiger partial charge in [0.1, 0.15) is 17.2 Å². The van der Waals surface area contributed by atoms with Crippen LogP contribution in [0.5, 0.6) is 17.2 Å². The van der Waals surface area contributed by atoms with E-state index in [0.717, 1.165) is 24.2 Å². The maximum atomic E-state index is 6.42. The SMILES string of the molecule is CC1(C)OB(c2ccc(Cl)c(OCC3CC3COc3ccc(Cl)c(OCC4CC4)c3)c2)OC1(C)C. The van der Waals surface area contributed by atoms with Crippen molar-refractivity contribution in [3.63, 3.8) is 0 Å². The lowest BCUT2D eigenvalue weighted by Gasteiger charge is -2.32. The van der Waals surface area contributed by atoms with Gasteiger partial charge in [0.05, 0.1) is 41.1 Å². The molecule has 3 fully saturated rings. The molecule has 35 heavy (non-hydrogen) atoms. The van der Waals surface area contributed by atoms with Crippen molar-refractivity contribution < 1.29 is 23.5 Å². The van der Waals surface area contributed by atoms with Gasteiger partial charge in [0.15, 0.2) is 0 Å². The van der Waals surface area contributed by atoms with Crippen molar-refractivity contribution in [2.45, 2.75) is 58.2 Å². The maximum absolute atomic E-state index is 6.42. The van der Waals surface area contributed by atoms with E-state index in [0.29, 0.717) is 52.5 Å². The fourth-order valence-corrected chi connectivity index (χ4v) is 4.40. The van der Waals surface area contributed by atoms with Crippen LogP contribution >= 0.6 is 23.2 Å². The third-order valence-corrected chi connectivity index (χ3v) is 8.17. The molecule has 188 valence electrons. The molecule has 5 nitrogen and oxygen atoms in total. The Morgan fingerprint density at radius 1 is 0.800 bits per heavy atom. The van der Waals surface area contributed by atoms with Crippen LogP contribution < -0.4 is 19.7 Å². The fraction of sp³-hybridized carbons (Fsp3) is 0.556. The Kier molecular flexibility index (Phi) is 6.95. The highest BCUT2D eigenvalue weighted by atomic mass is 35.5. The molecule has 2 aliphatic carbocycles. The van der Waals surface area contributed by atoms with Crippen LogP contribution in [0.1, 0.15) is 47.0 Å². The van der Waals surface area contributed by atoms with E-state index >= 15 is 0 Å². The van der Waals surface area contributed by atoms with E-state index in [1.165, 1.54) is 12.8 Å². The van der Waals surface area contributed by atoms with Gasteiger partial charge < -0.3 is 23.5 Å². The van der Waals surface area contributed by atoms with E-state index in [4.69, 9.17) is 46.7 Å². The summed E-state index contributed by atoms with van der Waals surface area (Å²) in [4.78, 5) is 0. The lowest BCUT2D eigenvalue weighted by Crippen LogP contribution is -2.41. The third kappa shape index (κ3) is 5.88.